The summed E-state index contributed by atoms with van der Waals surface area (Å²) in [5.41, 5.74) is 4.73. The molecule has 0 saturated carbocycles. The zero-order chi connectivity index (χ0) is 21.3. The van der Waals surface area contributed by atoms with Crippen molar-refractivity contribution >= 4 is 17.5 Å². The summed E-state index contributed by atoms with van der Waals surface area (Å²) in [6, 6.07) is 1.19. The standard InChI is InChI=1S/C18H19F3N8O/c19-18(20,21)13-10-29-12(7-25-15(29)8-24-13)16-23-4-3-14(27-16)28-5-1-2-11(9-28)6-26-17(22)30/h3-4,7-8,10-11H,1-2,5-6,9H2,(H3,22,26,30). The molecule has 1 fully saturated rings. The van der Waals surface area contributed by atoms with E-state index in [0.717, 1.165) is 31.8 Å². The summed E-state index contributed by atoms with van der Waals surface area (Å²) >= 11 is 0. The third-order valence-electron chi connectivity index (χ3n) is 4.96. The van der Waals surface area contributed by atoms with Crippen molar-refractivity contribution in [3.63, 3.8) is 0 Å². The summed E-state index contributed by atoms with van der Waals surface area (Å²) in [5.74, 6) is 1.14. The predicted molar refractivity (Wildman–Crippen MR) is 102 cm³/mol. The molecule has 0 radical (unpaired) electrons. The number of alkyl halides is 3. The first-order valence-electron chi connectivity index (χ1n) is 9.33. The van der Waals surface area contributed by atoms with Gasteiger partial charge in [0.25, 0.3) is 0 Å². The molecule has 9 nitrogen and oxygen atoms in total. The van der Waals surface area contributed by atoms with Gasteiger partial charge in [0.1, 0.15) is 11.5 Å². The van der Waals surface area contributed by atoms with Crippen LogP contribution in [0.2, 0.25) is 0 Å². The SMILES string of the molecule is NC(=O)NCC1CCCN(c2ccnc(-c3cnc4cnc(C(F)(F)F)cn34)n2)C1. The molecule has 1 aliphatic heterocycles. The van der Waals surface area contributed by atoms with Gasteiger partial charge in [-0.25, -0.2) is 24.7 Å². The minimum Gasteiger partial charge on any atom is -0.356 e. The zero-order valence-electron chi connectivity index (χ0n) is 15.8. The normalized spacial score (nSPS) is 17.3. The zero-order valence-corrected chi connectivity index (χ0v) is 15.8. The minimum absolute atomic E-state index is 0.223. The topological polar surface area (TPSA) is 114 Å². The van der Waals surface area contributed by atoms with Gasteiger partial charge in [-0.15, -0.1) is 0 Å². The van der Waals surface area contributed by atoms with E-state index in [4.69, 9.17) is 5.73 Å². The Morgan fingerprint density at radius 2 is 2.10 bits per heavy atom. The summed E-state index contributed by atoms with van der Waals surface area (Å²) < 4.78 is 40.4. The van der Waals surface area contributed by atoms with Crippen molar-refractivity contribution in [1.29, 1.82) is 0 Å². The van der Waals surface area contributed by atoms with E-state index in [1.807, 2.05) is 0 Å². The molecule has 3 aromatic heterocycles. The number of rotatable bonds is 4. The first-order chi connectivity index (χ1) is 14.3. The Kier molecular flexibility index (Phi) is 5.14. The van der Waals surface area contributed by atoms with Crippen LogP contribution in [0.25, 0.3) is 17.2 Å². The fourth-order valence-electron chi connectivity index (χ4n) is 3.53. The largest absolute Gasteiger partial charge is 0.434 e. The lowest BCUT2D eigenvalue weighted by atomic mass is 9.98. The number of piperidine rings is 1. The van der Waals surface area contributed by atoms with Crippen molar-refractivity contribution in [3.8, 4) is 11.5 Å². The van der Waals surface area contributed by atoms with Gasteiger partial charge in [-0.1, -0.05) is 0 Å². The van der Waals surface area contributed by atoms with Crippen LogP contribution in [0.3, 0.4) is 0 Å². The molecule has 1 atom stereocenters. The lowest BCUT2D eigenvalue weighted by molar-refractivity contribution is -0.141. The Morgan fingerprint density at radius 1 is 1.27 bits per heavy atom. The molecule has 1 saturated heterocycles. The Bertz CT molecular complexity index is 1070. The van der Waals surface area contributed by atoms with Crippen LogP contribution in [0.15, 0.2) is 30.9 Å². The maximum absolute atomic E-state index is 13.0. The third kappa shape index (κ3) is 4.11. The van der Waals surface area contributed by atoms with Gasteiger partial charge in [-0.3, -0.25) is 4.40 Å². The van der Waals surface area contributed by atoms with E-state index in [2.05, 4.69) is 30.2 Å². The van der Waals surface area contributed by atoms with Gasteiger partial charge in [0.15, 0.2) is 17.2 Å². The second kappa shape index (κ2) is 7.76. The molecular weight excluding hydrogens is 401 g/mol. The van der Waals surface area contributed by atoms with E-state index in [1.54, 1.807) is 12.3 Å². The van der Waals surface area contributed by atoms with Crippen molar-refractivity contribution in [3.05, 3.63) is 36.5 Å². The maximum atomic E-state index is 13.0. The lowest BCUT2D eigenvalue weighted by Crippen LogP contribution is -2.42. The number of carbonyl (C=O) groups is 1. The van der Waals surface area contributed by atoms with Crippen molar-refractivity contribution < 1.29 is 18.0 Å². The van der Waals surface area contributed by atoms with Crippen LogP contribution in [0.1, 0.15) is 18.5 Å². The van der Waals surface area contributed by atoms with Crippen LogP contribution >= 0.6 is 0 Å². The molecule has 1 aliphatic rings. The number of nitrogens with zero attached hydrogens (tertiary/aromatic N) is 6. The van der Waals surface area contributed by atoms with Crippen LogP contribution in [0.4, 0.5) is 23.8 Å². The number of hydrogen-bond acceptors (Lipinski definition) is 6. The van der Waals surface area contributed by atoms with Crippen molar-refractivity contribution in [1.82, 2.24) is 29.7 Å². The molecule has 158 valence electrons. The fraction of sp³-hybridized carbons (Fsp3) is 0.389. The Hall–Kier alpha value is -3.44. The van der Waals surface area contributed by atoms with Gasteiger partial charge in [-0.2, -0.15) is 13.2 Å². The summed E-state index contributed by atoms with van der Waals surface area (Å²) in [5, 5.41) is 2.63. The molecule has 30 heavy (non-hydrogen) atoms. The predicted octanol–water partition coefficient (Wildman–Crippen LogP) is 2.09. The monoisotopic (exact) mass is 420 g/mol. The molecule has 1 unspecified atom stereocenters. The number of amides is 2. The average molecular weight is 420 g/mol. The highest BCUT2D eigenvalue weighted by Gasteiger charge is 2.33. The average Bonchev–Trinajstić information content (AvgIpc) is 3.15. The summed E-state index contributed by atoms with van der Waals surface area (Å²) in [7, 11) is 0. The summed E-state index contributed by atoms with van der Waals surface area (Å²) in [6.07, 6.45) is 2.24. The number of primary amides is 1. The molecule has 4 rings (SSSR count). The van der Waals surface area contributed by atoms with Gasteiger partial charge in [0.2, 0.25) is 0 Å². The maximum Gasteiger partial charge on any atom is 0.434 e. The van der Waals surface area contributed by atoms with Crippen molar-refractivity contribution in [2.45, 2.75) is 19.0 Å². The van der Waals surface area contributed by atoms with E-state index in [-0.39, 0.29) is 17.4 Å². The number of anilines is 1. The van der Waals surface area contributed by atoms with Crippen LogP contribution in [0.5, 0.6) is 0 Å². The smallest absolute Gasteiger partial charge is 0.356 e. The number of carbonyl (C=O) groups excluding carboxylic acids is 1. The van der Waals surface area contributed by atoms with E-state index in [0.29, 0.717) is 24.6 Å². The van der Waals surface area contributed by atoms with Gasteiger partial charge in [-0.05, 0) is 24.8 Å². The molecule has 3 aromatic rings. The number of nitrogens with two attached hydrogens (primary N) is 1. The van der Waals surface area contributed by atoms with Crippen LogP contribution in [-0.2, 0) is 6.18 Å². The number of fused-ring (bicyclic) bond motifs is 1. The molecular formula is C18H19F3N8O. The van der Waals surface area contributed by atoms with Crippen LogP contribution < -0.4 is 16.0 Å². The van der Waals surface area contributed by atoms with E-state index >= 15 is 0 Å². The van der Waals surface area contributed by atoms with Crippen molar-refractivity contribution in [2.24, 2.45) is 11.7 Å². The van der Waals surface area contributed by atoms with E-state index in [9.17, 15) is 18.0 Å². The van der Waals surface area contributed by atoms with Crippen LogP contribution in [0, 0.1) is 5.92 Å². The van der Waals surface area contributed by atoms with Gasteiger partial charge >= 0.3 is 12.2 Å². The first kappa shape index (κ1) is 19.9. The van der Waals surface area contributed by atoms with Gasteiger partial charge in [0, 0.05) is 32.0 Å². The summed E-state index contributed by atoms with van der Waals surface area (Å²) in [6.45, 7) is 1.93. The molecule has 4 heterocycles. The highest BCUT2D eigenvalue weighted by molar-refractivity contribution is 5.71. The highest BCUT2D eigenvalue weighted by Crippen LogP contribution is 2.29. The van der Waals surface area contributed by atoms with Gasteiger partial charge < -0.3 is 16.0 Å². The quantitative estimate of drug-likeness (QED) is 0.668. The molecule has 0 aromatic carbocycles. The molecule has 12 heteroatoms. The molecule has 0 spiro atoms. The Labute approximate surface area is 169 Å². The molecule has 0 aliphatic carbocycles. The van der Waals surface area contributed by atoms with E-state index in [1.165, 1.54) is 10.6 Å². The Morgan fingerprint density at radius 3 is 2.87 bits per heavy atom. The fourth-order valence-corrected chi connectivity index (χ4v) is 3.53. The van der Waals surface area contributed by atoms with Crippen LogP contribution in [-0.4, -0.2) is 50.0 Å². The number of hydrogen-bond donors (Lipinski definition) is 2. The second-order valence-electron chi connectivity index (χ2n) is 7.08. The number of imidazole rings is 1. The number of halogens is 3. The van der Waals surface area contributed by atoms with Crippen molar-refractivity contribution in [2.75, 3.05) is 24.5 Å². The highest BCUT2D eigenvalue weighted by atomic mass is 19.4. The third-order valence-corrected chi connectivity index (χ3v) is 4.96. The number of urea groups is 1. The molecule has 0 bridgehead atoms. The second-order valence-corrected chi connectivity index (χ2v) is 7.08. The summed E-state index contributed by atoms with van der Waals surface area (Å²) in [4.78, 5) is 29.3. The lowest BCUT2D eigenvalue weighted by Gasteiger charge is -2.33. The van der Waals surface area contributed by atoms with E-state index < -0.39 is 17.9 Å². The molecule has 3 N–H and O–H groups in total. The number of nitrogens with one attached hydrogen (secondary N) is 1. The first-order valence-corrected chi connectivity index (χ1v) is 9.33. The Balaban J connectivity index is 1.61. The minimum atomic E-state index is -4.57. The molecule has 2 amide bonds. The number of aromatic nitrogens is 5. The van der Waals surface area contributed by atoms with Gasteiger partial charge in [0.05, 0.1) is 12.4 Å².